The lowest BCUT2D eigenvalue weighted by Gasteiger charge is -2.26. The number of alkyl halides is 1. The zero-order valence-corrected chi connectivity index (χ0v) is 7.94. The van der Waals surface area contributed by atoms with Crippen LogP contribution in [0, 0.1) is 0 Å². The fourth-order valence-corrected chi connectivity index (χ4v) is 1.27. The molecule has 4 nitrogen and oxygen atoms in total. The van der Waals surface area contributed by atoms with Gasteiger partial charge in [0.25, 0.3) is 0 Å². The summed E-state index contributed by atoms with van der Waals surface area (Å²) in [5.41, 5.74) is 5.86. The van der Waals surface area contributed by atoms with Crippen LogP contribution in [0.4, 0.5) is 0 Å². The van der Waals surface area contributed by atoms with Gasteiger partial charge in [-0.25, -0.2) is 5.43 Å². The van der Waals surface area contributed by atoms with E-state index in [2.05, 4.69) is 15.8 Å². The number of nitrogens with zero attached hydrogens (tertiary/aromatic N) is 1. The van der Waals surface area contributed by atoms with Crippen molar-refractivity contribution in [3.05, 3.63) is 0 Å². The van der Waals surface area contributed by atoms with Gasteiger partial charge in [0.05, 0.1) is 19.2 Å². The molecule has 0 unspecified atom stereocenters. The van der Waals surface area contributed by atoms with E-state index in [-0.39, 0.29) is 0 Å². The Morgan fingerprint density at radius 3 is 2.67 bits per heavy atom. The van der Waals surface area contributed by atoms with Gasteiger partial charge in [-0.3, -0.25) is 10.3 Å². The van der Waals surface area contributed by atoms with Crippen LogP contribution in [0.3, 0.4) is 0 Å². The predicted molar refractivity (Wildman–Crippen MR) is 49.1 cm³/mol. The molecule has 2 N–H and O–H groups in total. The second-order valence-electron chi connectivity index (χ2n) is 2.69. The van der Waals surface area contributed by atoms with E-state index >= 15 is 0 Å². The van der Waals surface area contributed by atoms with Gasteiger partial charge in [-0.1, -0.05) is 0 Å². The van der Waals surface area contributed by atoms with Crippen LogP contribution in [-0.2, 0) is 4.74 Å². The molecule has 1 fully saturated rings. The molecule has 12 heavy (non-hydrogen) atoms. The Bertz CT molecular complexity index is 109. The number of ether oxygens (including phenoxy) is 1. The van der Waals surface area contributed by atoms with E-state index in [1.807, 2.05) is 0 Å². The highest BCUT2D eigenvalue weighted by Crippen LogP contribution is 1.94. The molecule has 5 heteroatoms. The number of hydrogen-bond donors (Lipinski definition) is 2. The number of halogens is 1. The number of morpholine rings is 1. The van der Waals surface area contributed by atoms with Crippen molar-refractivity contribution in [2.45, 2.75) is 0 Å². The molecule has 0 aromatic rings. The quantitative estimate of drug-likeness (QED) is 0.270. The summed E-state index contributed by atoms with van der Waals surface area (Å²) < 4.78 is 5.23. The number of nitrogens with one attached hydrogen (secondary N) is 2. The molecule has 0 spiro atoms. The van der Waals surface area contributed by atoms with Crippen molar-refractivity contribution in [1.29, 1.82) is 0 Å². The van der Waals surface area contributed by atoms with E-state index in [0.29, 0.717) is 6.00 Å². The van der Waals surface area contributed by atoms with Gasteiger partial charge >= 0.3 is 0 Å². The van der Waals surface area contributed by atoms with Crippen LogP contribution < -0.4 is 10.9 Å². The molecule has 0 aliphatic carbocycles. The maximum atomic E-state index is 5.42. The van der Waals surface area contributed by atoms with Crippen molar-refractivity contribution >= 4 is 11.6 Å². The van der Waals surface area contributed by atoms with Gasteiger partial charge in [-0.05, 0) is 0 Å². The first-order chi connectivity index (χ1) is 5.93. The summed E-state index contributed by atoms with van der Waals surface area (Å²) in [5, 5.41) is 0. The van der Waals surface area contributed by atoms with E-state index < -0.39 is 0 Å². The lowest BCUT2D eigenvalue weighted by atomic mass is 10.4. The first-order valence-electron chi connectivity index (χ1n) is 4.25. The smallest absolute Gasteiger partial charge is 0.0844 e. The van der Waals surface area contributed by atoms with Gasteiger partial charge in [0.2, 0.25) is 0 Å². The molecule has 0 aromatic carbocycles. The van der Waals surface area contributed by atoms with Crippen molar-refractivity contribution in [3.63, 3.8) is 0 Å². The molecule has 72 valence electrons. The van der Waals surface area contributed by atoms with E-state index in [1.54, 1.807) is 0 Å². The Kier molecular flexibility index (Phi) is 5.64. The average molecular weight is 194 g/mol. The normalized spacial score (nSPS) is 19.8. The third kappa shape index (κ3) is 4.23. The van der Waals surface area contributed by atoms with Gasteiger partial charge < -0.3 is 4.74 Å². The molecule has 1 aliphatic heterocycles. The minimum Gasteiger partial charge on any atom is -0.379 e. The molecule has 0 atom stereocenters. The Morgan fingerprint density at radius 1 is 1.25 bits per heavy atom. The van der Waals surface area contributed by atoms with Crippen molar-refractivity contribution < 1.29 is 4.74 Å². The van der Waals surface area contributed by atoms with Crippen LogP contribution in [0.25, 0.3) is 0 Å². The summed E-state index contributed by atoms with van der Waals surface area (Å²) in [4.78, 5) is 2.37. The van der Waals surface area contributed by atoms with Gasteiger partial charge in [-0.2, -0.15) is 0 Å². The Balaban J connectivity index is 1.91. The largest absolute Gasteiger partial charge is 0.379 e. The molecule has 0 saturated carbocycles. The maximum Gasteiger partial charge on any atom is 0.0844 e. The van der Waals surface area contributed by atoms with Crippen LogP contribution in [0.5, 0.6) is 0 Å². The van der Waals surface area contributed by atoms with E-state index in [0.717, 1.165) is 39.4 Å². The van der Waals surface area contributed by atoms with Gasteiger partial charge in [0.1, 0.15) is 0 Å². The molecule has 0 aromatic heterocycles. The highest BCUT2D eigenvalue weighted by Gasteiger charge is 2.08. The van der Waals surface area contributed by atoms with Gasteiger partial charge in [-0.15, -0.1) is 11.6 Å². The summed E-state index contributed by atoms with van der Waals surface area (Å²) in [5.74, 6) is 0. The number of rotatable bonds is 5. The van der Waals surface area contributed by atoms with Crippen LogP contribution in [-0.4, -0.2) is 50.3 Å². The molecule has 1 aliphatic rings. The SMILES string of the molecule is ClCNNCCN1CCOCC1. The molecule has 0 amide bonds. The minimum absolute atomic E-state index is 0.448. The topological polar surface area (TPSA) is 36.5 Å². The van der Waals surface area contributed by atoms with Crippen LogP contribution in [0.2, 0.25) is 0 Å². The second-order valence-corrected chi connectivity index (χ2v) is 2.96. The van der Waals surface area contributed by atoms with Crippen molar-refractivity contribution in [2.75, 3.05) is 45.4 Å². The zero-order valence-electron chi connectivity index (χ0n) is 7.18. The van der Waals surface area contributed by atoms with Crippen LogP contribution in [0.15, 0.2) is 0 Å². The van der Waals surface area contributed by atoms with Gasteiger partial charge in [0, 0.05) is 26.2 Å². The first kappa shape index (κ1) is 10.2. The summed E-state index contributed by atoms with van der Waals surface area (Å²) in [6.45, 7) is 5.79. The van der Waals surface area contributed by atoms with Gasteiger partial charge in [0.15, 0.2) is 0 Å². The molecule has 0 bridgehead atoms. The maximum absolute atomic E-state index is 5.42. The molecule has 1 rings (SSSR count). The molecule has 1 saturated heterocycles. The van der Waals surface area contributed by atoms with Crippen molar-refractivity contribution in [3.8, 4) is 0 Å². The Hall–Kier alpha value is 0.130. The summed E-state index contributed by atoms with van der Waals surface area (Å²) in [6, 6.07) is 0.448. The monoisotopic (exact) mass is 193 g/mol. The summed E-state index contributed by atoms with van der Waals surface area (Å²) in [7, 11) is 0. The predicted octanol–water partition coefficient (Wildman–Crippen LogP) is -0.391. The Labute approximate surface area is 78.2 Å². The molecule has 0 radical (unpaired) electrons. The average Bonchev–Trinajstić information content (AvgIpc) is 2.14. The zero-order chi connectivity index (χ0) is 8.65. The first-order valence-corrected chi connectivity index (χ1v) is 4.78. The standard InChI is InChI=1S/C7H16ClN3O/c8-7-10-9-1-2-11-3-5-12-6-4-11/h9-10H,1-7H2. The fourth-order valence-electron chi connectivity index (χ4n) is 1.17. The van der Waals surface area contributed by atoms with E-state index in [4.69, 9.17) is 16.3 Å². The van der Waals surface area contributed by atoms with E-state index in [9.17, 15) is 0 Å². The summed E-state index contributed by atoms with van der Waals surface area (Å²) >= 11 is 5.42. The van der Waals surface area contributed by atoms with Crippen LogP contribution >= 0.6 is 11.6 Å². The Morgan fingerprint density at radius 2 is 2.00 bits per heavy atom. The van der Waals surface area contributed by atoms with E-state index in [1.165, 1.54) is 0 Å². The summed E-state index contributed by atoms with van der Waals surface area (Å²) in [6.07, 6.45) is 0. The molecule has 1 heterocycles. The minimum atomic E-state index is 0.448. The lowest BCUT2D eigenvalue weighted by Crippen LogP contribution is -2.43. The van der Waals surface area contributed by atoms with Crippen molar-refractivity contribution in [2.24, 2.45) is 0 Å². The molecular formula is C7H16ClN3O. The fraction of sp³-hybridized carbons (Fsp3) is 1.00. The third-order valence-electron chi connectivity index (χ3n) is 1.85. The van der Waals surface area contributed by atoms with Crippen molar-refractivity contribution in [1.82, 2.24) is 15.8 Å². The second kappa shape index (κ2) is 6.62. The molecular weight excluding hydrogens is 178 g/mol. The number of hydrogen-bond acceptors (Lipinski definition) is 4. The third-order valence-corrected chi connectivity index (χ3v) is 1.98. The van der Waals surface area contributed by atoms with Crippen LogP contribution in [0.1, 0.15) is 0 Å². The highest BCUT2D eigenvalue weighted by atomic mass is 35.5. The highest BCUT2D eigenvalue weighted by molar-refractivity contribution is 6.17. The number of hydrazine groups is 1. The lowest BCUT2D eigenvalue weighted by molar-refractivity contribution is 0.0381.